The number of hydrogen-bond donors (Lipinski definition) is 4. The largest absolute Gasteiger partial charge is 0.396 e. The Kier molecular flexibility index (Phi) is 2.25. The second-order valence-electron chi connectivity index (χ2n) is 2.82. The van der Waals surface area contributed by atoms with E-state index in [1.165, 1.54) is 0 Å². The van der Waals surface area contributed by atoms with Crippen LogP contribution in [0.15, 0.2) is 0 Å². The molecule has 10 heavy (non-hydrogen) atoms. The van der Waals surface area contributed by atoms with Gasteiger partial charge in [-0.2, -0.15) is 0 Å². The highest BCUT2D eigenvalue weighted by Gasteiger charge is 2.38. The van der Waals surface area contributed by atoms with Crippen LogP contribution in [0.4, 0.5) is 0 Å². The quantitative estimate of drug-likeness (QED) is 0.347. The first-order valence-corrected chi connectivity index (χ1v) is 3.39. The van der Waals surface area contributed by atoms with E-state index in [9.17, 15) is 0 Å². The molecule has 1 fully saturated rings. The average Bonchev–Trinajstić information content (AvgIpc) is 2.17. The number of nitrogens with two attached hydrogens (primary N) is 1. The maximum Gasteiger partial charge on any atom is 0.0953 e. The van der Waals surface area contributed by atoms with Gasteiger partial charge in [-0.25, -0.2) is 0 Å². The molecule has 0 aromatic rings. The molecule has 0 aliphatic heterocycles. The fraction of sp³-hybridized carbons (Fsp3) is 1.00. The molecule has 4 heteroatoms. The molecule has 0 unspecified atom stereocenters. The van der Waals surface area contributed by atoms with E-state index >= 15 is 0 Å². The highest BCUT2D eigenvalue weighted by Crippen LogP contribution is 2.24. The maximum absolute atomic E-state index is 9.14. The topological polar surface area (TPSA) is 86.7 Å². The van der Waals surface area contributed by atoms with Crippen molar-refractivity contribution in [1.29, 1.82) is 0 Å². The second kappa shape index (κ2) is 2.84. The Labute approximate surface area is 59.3 Å². The molecule has 1 aliphatic rings. The van der Waals surface area contributed by atoms with E-state index in [0.717, 1.165) is 0 Å². The highest BCUT2D eigenvalue weighted by molar-refractivity contribution is 4.92. The summed E-state index contributed by atoms with van der Waals surface area (Å²) in [5.41, 5.74) is 5.41. The lowest BCUT2D eigenvalue weighted by atomic mass is 10.1. The summed E-state index contributed by atoms with van der Waals surface area (Å²) in [4.78, 5) is 0. The van der Waals surface area contributed by atoms with E-state index in [1.807, 2.05) is 0 Å². The van der Waals surface area contributed by atoms with E-state index in [1.54, 1.807) is 0 Å². The monoisotopic (exact) mass is 147 g/mol. The third-order valence-electron chi connectivity index (χ3n) is 2.08. The Morgan fingerprint density at radius 3 is 2.10 bits per heavy atom. The predicted octanol–water partition coefficient (Wildman–Crippen LogP) is -1.95. The lowest BCUT2D eigenvalue weighted by Gasteiger charge is -2.13. The van der Waals surface area contributed by atoms with Crippen molar-refractivity contribution in [2.24, 2.45) is 11.7 Å². The van der Waals surface area contributed by atoms with Crippen LogP contribution in [-0.4, -0.2) is 40.2 Å². The van der Waals surface area contributed by atoms with Crippen LogP contribution in [-0.2, 0) is 0 Å². The first-order valence-electron chi connectivity index (χ1n) is 3.39. The highest BCUT2D eigenvalue weighted by atomic mass is 16.3. The molecule has 0 bridgehead atoms. The van der Waals surface area contributed by atoms with Crippen LogP contribution in [0.1, 0.15) is 6.42 Å². The third kappa shape index (κ3) is 1.15. The van der Waals surface area contributed by atoms with Crippen LogP contribution in [0.2, 0.25) is 0 Å². The van der Waals surface area contributed by atoms with Gasteiger partial charge >= 0.3 is 0 Å². The summed E-state index contributed by atoms with van der Waals surface area (Å²) < 4.78 is 0. The van der Waals surface area contributed by atoms with Crippen LogP contribution in [0.3, 0.4) is 0 Å². The third-order valence-corrected chi connectivity index (χ3v) is 2.08. The van der Waals surface area contributed by atoms with Crippen LogP contribution < -0.4 is 5.73 Å². The average molecular weight is 147 g/mol. The molecule has 0 aromatic carbocycles. The molecule has 1 saturated carbocycles. The van der Waals surface area contributed by atoms with Gasteiger partial charge in [-0.3, -0.25) is 0 Å². The zero-order chi connectivity index (χ0) is 7.72. The molecule has 0 spiro atoms. The van der Waals surface area contributed by atoms with E-state index in [2.05, 4.69) is 0 Å². The molecule has 5 N–H and O–H groups in total. The van der Waals surface area contributed by atoms with Crippen molar-refractivity contribution >= 4 is 0 Å². The Morgan fingerprint density at radius 2 is 1.90 bits per heavy atom. The Bertz CT molecular complexity index is 120. The van der Waals surface area contributed by atoms with Crippen molar-refractivity contribution in [1.82, 2.24) is 0 Å². The lowest BCUT2D eigenvalue weighted by Crippen LogP contribution is -2.35. The summed E-state index contributed by atoms with van der Waals surface area (Å²) in [6.07, 6.45) is -1.21. The Morgan fingerprint density at radius 1 is 1.30 bits per heavy atom. The summed E-state index contributed by atoms with van der Waals surface area (Å²) in [6, 6.07) is -0.382. The molecular formula is C6H13NO3. The minimum absolute atomic E-state index is 0.105. The van der Waals surface area contributed by atoms with Gasteiger partial charge in [0.2, 0.25) is 0 Å². The van der Waals surface area contributed by atoms with E-state index in [4.69, 9.17) is 21.1 Å². The molecule has 0 saturated heterocycles. The predicted molar refractivity (Wildman–Crippen MR) is 35.2 cm³/mol. The van der Waals surface area contributed by atoms with Gasteiger partial charge < -0.3 is 21.1 Å². The van der Waals surface area contributed by atoms with Gasteiger partial charge in [-0.1, -0.05) is 0 Å². The van der Waals surface area contributed by atoms with Crippen LogP contribution in [0.5, 0.6) is 0 Å². The summed E-state index contributed by atoms with van der Waals surface area (Å²) in [5.74, 6) is -0.245. The SMILES string of the molecule is N[C@H]1C[C@@H](CO)[C@@H](O)[C@@H]1O. The number of hydrogen-bond acceptors (Lipinski definition) is 4. The van der Waals surface area contributed by atoms with Crippen molar-refractivity contribution in [3.05, 3.63) is 0 Å². The zero-order valence-corrected chi connectivity index (χ0v) is 5.64. The molecule has 4 atom stereocenters. The summed E-state index contributed by atoms with van der Waals surface area (Å²) in [6.45, 7) is -0.105. The van der Waals surface area contributed by atoms with Gasteiger partial charge in [0.25, 0.3) is 0 Å². The first kappa shape index (κ1) is 7.94. The Balaban J connectivity index is 2.53. The van der Waals surface area contributed by atoms with Crippen molar-refractivity contribution in [3.63, 3.8) is 0 Å². The molecule has 4 nitrogen and oxygen atoms in total. The fourth-order valence-corrected chi connectivity index (χ4v) is 1.34. The molecule has 1 aliphatic carbocycles. The minimum atomic E-state index is -0.864. The van der Waals surface area contributed by atoms with E-state index < -0.39 is 12.2 Å². The minimum Gasteiger partial charge on any atom is -0.396 e. The second-order valence-corrected chi connectivity index (χ2v) is 2.82. The van der Waals surface area contributed by atoms with E-state index in [0.29, 0.717) is 6.42 Å². The van der Waals surface area contributed by atoms with Gasteiger partial charge in [0.1, 0.15) is 0 Å². The molecule has 1 rings (SSSR count). The summed E-state index contributed by atoms with van der Waals surface area (Å²) in [5, 5.41) is 26.9. The number of rotatable bonds is 1. The molecule has 0 heterocycles. The summed E-state index contributed by atoms with van der Waals surface area (Å²) in [7, 11) is 0. The van der Waals surface area contributed by atoms with Crippen LogP contribution in [0, 0.1) is 5.92 Å². The standard InChI is InChI=1S/C6H13NO3/c7-4-1-3(2-8)5(9)6(4)10/h3-6,8-10H,1-2,7H2/t3-,4-,5+,6+/m0/s1. The van der Waals surface area contributed by atoms with Crippen molar-refractivity contribution in [3.8, 4) is 0 Å². The normalized spacial score (nSPS) is 48.0. The smallest absolute Gasteiger partial charge is 0.0953 e. The van der Waals surface area contributed by atoms with Gasteiger partial charge in [0.15, 0.2) is 0 Å². The molecule has 0 aromatic heterocycles. The maximum atomic E-state index is 9.14. The van der Waals surface area contributed by atoms with Crippen LogP contribution >= 0.6 is 0 Å². The van der Waals surface area contributed by atoms with Crippen molar-refractivity contribution in [2.75, 3.05) is 6.61 Å². The van der Waals surface area contributed by atoms with Gasteiger partial charge in [-0.05, 0) is 6.42 Å². The van der Waals surface area contributed by atoms with E-state index in [-0.39, 0.29) is 18.6 Å². The van der Waals surface area contributed by atoms with Gasteiger partial charge in [0, 0.05) is 18.6 Å². The summed E-state index contributed by atoms with van der Waals surface area (Å²) >= 11 is 0. The fourth-order valence-electron chi connectivity index (χ4n) is 1.34. The Hall–Kier alpha value is -0.160. The van der Waals surface area contributed by atoms with Gasteiger partial charge in [-0.15, -0.1) is 0 Å². The molecule has 0 radical (unpaired) electrons. The first-order chi connectivity index (χ1) is 4.66. The van der Waals surface area contributed by atoms with Crippen molar-refractivity contribution < 1.29 is 15.3 Å². The lowest BCUT2D eigenvalue weighted by molar-refractivity contribution is 0.00300. The molecule has 60 valence electrons. The number of aliphatic hydroxyl groups is 3. The molecule has 0 amide bonds. The van der Waals surface area contributed by atoms with Crippen LogP contribution in [0.25, 0.3) is 0 Å². The van der Waals surface area contributed by atoms with Gasteiger partial charge in [0.05, 0.1) is 12.2 Å². The zero-order valence-electron chi connectivity index (χ0n) is 5.64. The number of aliphatic hydroxyl groups excluding tert-OH is 3. The molecular weight excluding hydrogens is 134 g/mol. The van der Waals surface area contributed by atoms with Crippen molar-refractivity contribution in [2.45, 2.75) is 24.7 Å².